The molecule has 1 atom stereocenters. The van der Waals surface area contributed by atoms with Gasteiger partial charge < -0.3 is 5.32 Å². The number of fused-ring (bicyclic) bond motifs is 1. The Kier molecular flexibility index (Phi) is 4.13. The van der Waals surface area contributed by atoms with Crippen LogP contribution in [-0.2, 0) is 11.2 Å². The van der Waals surface area contributed by atoms with Crippen LogP contribution in [-0.4, -0.2) is 21.7 Å². The second-order valence-corrected chi connectivity index (χ2v) is 7.30. The van der Waals surface area contributed by atoms with Crippen molar-refractivity contribution in [2.75, 3.05) is 0 Å². The van der Waals surface area contributed by atoms with Crippen molar-refractivity contribution >= 4 is 5.91 Å². The normalized spacial score (nSPS) is 26.1. The van der Waals surface area contributed by atoms with Crippen molar-refractivity contribution in [3.05, 3.63) is 53.3 Å². The summed E-state index contributed by atoms with van der Waals surface area (Å²) in [6.45, 7) is 2.08. The maximum absolute atomic E-state index is 12.7. The van der Waals surface area contributed by atoms with Gasteiger partial charge in [0.05, 0.1) is 18.2 Å². The van der Waals surface area contributed by atoms with E-state index in [2.05, 4.69) is 46.4 Å². The summed E-state index contributed by atoms with van der Waals surface area (Å²) in [5, 5.41) is 7.75. The third-order valence-electron chi connectivity index (χ3n) is 5.60. The minimum atomic E-state index is 0.0488. The van der Waals surface area contributed by atoms with Crippen LogP contribution in [0.4, 0.5) is 0 Å². The molecule has 4 heteroatoms. The molecule has 1 aromatic carbocycles. The van der Waals surface area contributed by atoms with E-state index in [-0.39, 0.29) is 11.8 Å². The number of carbonyl (C=O) groups is 1. The van der Waals surface area contributed by atoms with Crippen LogP contribution in [0.25, 0.3) is 0 Å². The maximum atomic E-state index is 12.7. The van der Waals surface area contributed by atoms with E-state index >= 15 is 0 Å². The molecule has 24 heavy (non-hydrogen) atoms. The van der Waals surface area contributed by atoms with Gasteiger partial charge in [0.15, 0.2) is 0 Å². The van der Waals surface area contributed by atoms with Crippen LogP contribution in [0.15, 0.2) is 36.7 Å². The standard InChI is InChI=1S/C20H25N3O/c1-14-12-21-23(13-14)17-9-7-16(8-10-17)22-20(24)19-11-6-15-4-2-3-5-18(15)19/h2-5,12-13,16-17,19H,6-11H2,1H3,(H,22,24). The highest BCUT2D eigenvalue weighted by atomic mass is 16.1. The quantitative estimate of drug-likeness (QED) is 0.939. The van der Waals surface area contributed by atoms with Crippen molar-refractivity contribution in [1.29, 1.82) is 0 Å². The van der Waals surface area contributed by atoms with Gasteiger partial charge in [-0.05, 0) is 62.1 Å². The smallest absolute Gasteiger partial charge is 0.227 e. The lowest BCUT2D eigenvalue weighted by Crippen LogP contribution is -2.40. The van der Waals surface area contributed by atoms with Crippen LogP contribution in [0.3, 0.4) is 0 Å². The minimum absolute atomic E-state index is 0.0488. The number of hydrogen-bond donors (Lipinski definition) is 1. The van der Waals surface area contributed by atoms with E-state index in [9.17, 15) is 4.79 Å². The molecule has 0 radical (unpaired) electrons. The zero-order valence-electron chi connectivity index (χ0n) is 14.2. The van der Waals surface area contributed by atoms with E-state index < -0.39 is 0 Å². The van der Waals surface area contributed by atoms with Gasteiger partial charge in [-0.15, -0.1) is 0 Å². The average Bonchev–Trinajstić information content (AvgIpc) is 3.22. The minimum Gasteiger partial charge on any atom is -0.353 e. The summed E-state index contributed by atoms with van der Waals surface area (Å²) in [6, 6.07) is 9.18. The molecule has 1 unspecified atom stereocenters. The summed E-state index contributed by atoms with van der Waals surface area (Å²) in [4.78, 5) is 12.7. The number of nitrogens with one attached hydrogen (secondary N) is 1. The monoisotopic (exact) mass is 323 g/mol. The van der Waals surface area contributed by atoms with Crippen LogP contribution in [0.5, 0.6) is 0 Å². The van der Waals surface area contributed by atoms with Crippen LogP contribution in [0.2, 0.25) is 0 Å². The molecule has 4 nitrogen and oxygen atoms in total. The van der Waals surface area contributed by atoms with Crippen molar-refractivity contribution in [3.63, 3.8) is 0 Å². The number of nitrogens with zero attached hydrogens (tertiary/aromatic N) is 2. The SMILES string of the molecule is Cc1cnn(C2CCC(NC(=O)C3CCc4ccccc43)CC2)c1. The number of aryl methyl sites for hydroxylation is 2. The second-order valence-electron chi connectivity index (χ2n) is 7.30. The van der Waals surface area contributed by atoms with Gasteiger partial charge in [-0.25, -0.2) is 0 Å². The van der Waals surface area contributed by atoms with Crippen LogP contribution in [0.1, 0.15) is 60.8 Å². The van der Waals surface area contributed by atoms with Gasteiger partial charge in [0.2, 0.25) is 5.91 Å². The van der Waals surface area contributed by atoms with Crippen molar-refractivity contribution in [2.24, 2.45) is 0 Å². The van der Waals surface area contributed by atoms with Crippen LogP contribution >= 0.6 is 0 Å². The molecule has 1 amide bonds. The molecule has 1 saturated carbocycles. The summed E-state index contributed by atoms with van der Waals surface area (Å²) in [6.07, 6.45) is 10.3. The molecular formula is C20H25N3O. The zero-order valence-corrected chi connectivity index (χ0v) is 14.2. The van der Waals surface area contributed by atoms with Crippen molar-refractivity contribution < 1.29 is 4.79 Å². The molecule has 0 aliphatic heterocycles. The van der Waals surface area contributed by atoms with E-state index in [1.807, 2.05) is 12.3 Å². The topological polar surface area (TPSA) is 46.9 Å². The highest BCUT2D eigenvalue weighted by Crippen LogP contribution is 2.34. The fraction of sp³-hybridized carbons (Fsp3) is 0.500. The summed E-state index contributed by atoms with van der Waals surface area (Å²) >= 11 is 0. The van der Waals surface area contributed by atoms with Gasteiger partial charge in [-0.3, -0.25) is 9.48 Å². The van der Waals surface area contributed by atoms with Gasteiger partial charge in [0, 0.05) is 12.2 Å². The second kappa shape index (κ2) is 6.42. The van der Waals surface area contributed by atoms with Crippen molar-refractivity contribution in [1.82, 2.24) is 15.1 Å². The number of amides is 1. The molecule has 1 aromatic heterocycles. The Labute approximate surface area is 143 Å². The largest absolute Gasteiger partial charge is 0.353 e. The predicted molar refractivity (Wildman–Crippen MR) is 93.9 cm³/mol. The summed E-state index contributed by atoms with van der Waals surface area (Å²) in [7, 11) is 0. The van der Waals surface area contributed by atoms with E-state index in [1.165, 1.54) is 16.7 Å². The Balaban J connectivity index is 1.33. The number of aromatic nitrogens is 2. The van der Waals surface area contributed by atoms with E-state index in [0.29, 0.717) is 12.1 Å². The zero-order chi connectivity index (χ0) is 16.5. The molecule has 0 bridgehead atoms. The Morgan fingerprint density at radius 2 is 1.96 bits per heavy atom. The Hall–Kier alpha value is -2.10. The molecule has 0 spiro atoms. The molecule has 1 N–H and O–H groups in total. The molecule has 1 heterocycles. The van der Waals surface area contributed by atoms with E-state index in [0.717, 1.165) is 38.5 Å². The average molecular weight is 323 g/mol. The molecule has 4 rings (SSSR count). The Bertz CT molecular complexity index is 728. The molecule has 126 valence electrons. The molecule has 1 fully saturated rings. The number of rotatable bonds is 3. The number of benzene rings is 1. The Morgan fingerprint density at radius 3 is 2.71 bits per heavy atom. The molecular weight excluding hydrogens is 298 g/mol. The summed E-state index contributed by atoms with van der Waals surface area (Å²) in [5.41, 5.74) is 3.79. The third-order valence-corrected chi connectivity index (χ3v) is 5.60. The fourth-order valence-corrected chi connectivity index (χ4v) is 4.25. The van der Waals surface area contributed by atoms with E-state index in [1.54, 1.807) is 0 Å². The lowest BCUT2D eigenvalue weighted by Gasteiger charge is -2.30. The first-order valence-corrected chi connectivity index (χ1v) is 9.09. The van der Waals surface area contributed by atoms with Gasteiger partial charge in [-0.1, -0.05) is 24.3 Å². The van der Waals surface area contributed by atoms with Crippen molar-refractivity contribution in [3.8, 4) is 0 Å². The Morgan fingerprint density at radius 1 is 1.17 bits per heavy atom. The fourth-order valence-electron chi connectivity index (χ4n) is 4.25. The predicted octanol–water partition coefficient (Wildman–Crippen LogP) is 3.52. The van der Waals surface area contributed by atoms with Gasteiger partial charge in [-0.2, -0.15) is 5.10 Å². The molecule has 2 aliphatic carbocycles. The summed E-state index contributed by atoms with van der Waals surface area (Å²) in [5.74, 6) is 0.269. The molecule has 0 saturated heterocycles. The lowest BCUT2D eigenvalue weighted by molar-refractivity contribution is -0.123. The first kappa shape index (κ1) is 15.4. The highest BCUT2D eigenvalue weighted by molar-refractivity contribution is 5.85. The number of hydrogen-bond acceptors (Lipinski definition) is 2. The van der Waals surface area contributed by atoms with Crippen molar-refractivity contribution in [2.45, 2.75) is 63.5 Å². The van der Waals surface area contributed by atoms with Gasteiger partial charge in [0.1, 0.15) is 0 Å². The van der Waals surface area contributed by atoms with E-state index in [4.69, 9.17) is 0 Å². The third kappa shape index (κ3) is 2.97. The first-order chi connectivity index (χ1) is 11.7. The first-order valence-electron chi connectivity index (χ1n) is 9.09. The molecule has 2 aliphatic rings. The van der Waals surface area contributed by atoms with Gasteiger partial charge in [0.25, 0.3) is 0 Å². The molecule has 2 aromatic rings. The van der Waals surface area contributed by atoms with Gasteiger partial charge >= 0.3 is 0 Å². The highest BCUT2D eigenvalue weighted by Gasteiger charge is 2.31. The number of carbonyl (C=O) groups excluding carboxylic acids is 1. The van der Waals surface area contributed by atoms with Crippen LogP contribution < -0.4 is 5.32 Å². The maximum Gasteiger partial charge on any atom is 0.227 e. The lowest BCUT2D eigenvalue weighted by atomic mass is 9.90. The summed E-state index contributed by atoms with van der Waals surface area (Å²) < 4.78 is 2.10. The van der Waals surface area contributed by atoms with Crippen LogP contribution in [0, 0.1) is 6.92 Å².